The Hall–Kier alpha value is -0.900. The molecule has 1 unspecified atom stereocenters. The highest BCUT2D eigenvalue weighted by Crippen LogP contribution is 2.24. The summed E-state index contributed by atoms with van der Waals surface area (Å²) in [6.45, 7) is 4.54. The highest BCUT2D eigenvalue weighted by Gasteiger charge is 2.29. The van der Waals surface area contributed by atoms with Crippen molar-refractivity contribution in [2.24, 2.45) is 5.73 Å². The van der Waals surface area contributed by atoms with Gasteiger partial charge in [0.1, 0.15) is 0 Å². The van der Waals surface area contributed by atoms with E-state index >= 15 is 0 Å². The highest BCUT2D eigenvalue weighted by molar-refractivity contribution is 5.20. The average Bonchev–Trinajstić information content (AvgIpc) is 2.37. The van der Waals surface area contributed by atoms with Gasteiger partial charge in [-0.2, -0.15) is 0 Å². The molecule has 0 saturated heterocycles. The van der Waals surface area contributed by atoms with E-state index < -0.39 is 0 Å². The zero-order valence-corrected chi connectivity index (χ0v) is 11.1. The van der Waals surface area contributed by atoms with Crippen LogP contribution in [0.25, 0.3) is 0 Å². The predicted octanol–water partition coefficient (Wildman–Crippen LogP) is 1.89. The monoisotopic (exact) mass is 248 g/mol. The molecule has 18 heavy (non-hydrogen) atoms. The molecule has 1 saturated carbocycles. The van der Waals surface area contributed by atoms with Gasteiger partial charge >= 0.3 is 0 Å². The van der Waals surface area contributed by atoms with Crippen LogP contribution in [0.15, 0.2) is 30.3 Å². The minimum absolute atomic E-state index is 0.414. The van der Waals surface area contributed by atoms with E-state index in [2.05, 4.69) is 36.5 Å². The summed E-state index contributed by atoms with van der Waals surface area (Å²) < 4.78 is 5.56. The molecule has 1 atom stereocenters. The van der Waals surface area contributed by atoms with Crippen LogP contribution in [0.5, 0.6) is 0 Å². The van der Waals surface area contributed by atoms with Crippen molar-refractivity contribution in [3.63, 3.8) is 0 Å². The van der Waals surface area contributed by atoms with Gasteiger partial charge in [0.05, 0.1) is 6.10 Å². The molecular formula is C15H24N2O. The van der Waals surface area contributed by atoms with Gasteiger partial charge < -0.3 is 15.8 Å². The Labute approximate surface area is 110 Å². The molecule has 3 heteroatoms. The lowest BCUT2D eigenvalue weighted by Crippen LogP contribution is -2.47. The maximum absolute atomic E-state index is 5.86. The maximum Gasteiger partial charge on any atom is 0.0604 e. The van der Waals surface area contributed by atoms with Crippen molar-refractivity contribution in [1.29, 1.82) is 0 Å². The standard InChI is InChI=1S/C15H24N2O/c1-2-18-15-8-14(9-15)17-11-13(10-16)12-6-4-3-5-7-12/h3-7,13-15,17H,2,8-11,16H2,1H3. The molecule has 0 spiro atoms. The second kappa shape index (κ2) is 6.88. The van der Waals surface area contributed by atoms with E-state index in [4.69, 9.17) is 10.5 Å². The Morgan fingerprint density at radius 3 is 2.67 bits per heavy atom. The third kappa shape index (κ3) is 3.55. The maximum atomic E-state index is 5.86. The summed E-state index contributed by atoms with van der Waals surface area (Å²) in [4.78, 5) is 0. The van der Waals surface area contributed by atoms with Gasteiger partial charge in [-0.3, -0.25) is 0 Å². The van der Waals surface area contributed by atoms with Crippen molar-refractivity contribution in [1.82, 2.24) is 5.32 Å². The lowest BCUT2D eigenvalue weighted by Gasteiger charge is -2.36. The molecule has 0 radical (unpaired) electrons. The molecule has 2 rings (SSSR count). The first-order valence-electron chi connectivity index (χ1n) is 6.93. The first-order valence-corrected chi connectivity index (χ1v) is 6.93. The molecule has 1 fully saturated rings. The summed E-state index contributed by atoms with van der Waals surface area (Å²) in [5.74, 6) is 0.414. The largest absolute Gasteiger partial charge is 0.378 e. The Bertz CT molecular complexity index is 336. The Kier molecular flexibility index (Phi) is 5.17. The molecule has 0 aromatic heterocycles. The van der Waals surface area contributed by atoms with E-state index in [1.165, 1.54) is 5.56 Å². The van der Waals surface area contributed by atoms with Crippen LogP contribution in [0.4, 0.5) is 0 Å². The molecule has 1 aromatic carbocycles. The second-order valence-electron chi connectivity index (χ2n) is 5.00. The van der Waals surface area contributed by atoms with E-state index in [0.29, 0.717) is 24.6 Å². The number of benzene rings is 1. The predicted molar refractivity (Wildman–Crippen MR) is 74.7 cm³/mol. The zero-order valence-electron chi connectivity index (χ0n) is 11.1. The topological polar surface area (TPSA) is 47.3 Å². The molecular weight excluding hydrogens is 224 g/mol. The summed E-state index contributed by atoms with van der Waals surface area (Å²) in [5, 5.41) is 3.60. The number of ether oxygens (including phenoxy) is 1. The molecule has 1 aliphatic rings. The van der Waals surface area contributed by atoms with Crippen LogP contribution in [0, 0.1) is 0 Å². The quantitative estimate of drug-likeness (QED) is 0.774. The van der Waals surface area contributed by atoms with Gasteiger partial charge in [-0.25, -0.2) is 0 Å². The fraction of sp³-hybridized carbons (Fsp3) is 0.600. The van der Waals surface area contributed by atoms with Crippen molar-refractivity contribution in [2.75, 3.05) is 19.7 Å². The molecule has 1 aromatic rings. The normalized spacial score (nSPS) is 24.6. The van der Waals surface area contributed by atoms with Crippen LogP contribution in [0.1, 0.15) is 31.2 Å². The first-order chi connectivity index (χ1) is 8.83. The minimum atomic E-state index is 0.414. The molecule has 0 bridgehead atoms. The average molecular weight is 248 g/mol. The third-order valence-electron chi connectivity index (χ3n) is 3.71. The van der Waals surface area contributed by atoms with Crippen molar-refractivity contribution in [3.05, 3.63) is 35.9 Å². The summed E-state index contributed by atoms with van der Waals surface area (Å²) in [6, 6.07) is 11.1. The Balaban J connectivity index is 1.72. The number of hydrogen-bond donors (Lipinski definition) is 2. The van der Waals surface area contributed by atoms with Crippen LogP contribution in [-0.4, -0.2) is 31.8 Å². The second-order valence-corrected chi connectivity index (χ2v) is 5.00. The van der Waals surface area contributed by atoms with Crippen LogP contribution < -0.4 is 11.1 Å². The van der Waals surface area contributed by atoms with Gasteiger partial charge in [0.25, 0.3) is 0 Å². The first kappa shape index (κ1) is 13.5. The van der Waals surface area contributed by atoms with E-state index in [-0.39, 0.29) is 0 Å². The third-order valence-corrected chi connectivity index (χ3v) is 3.71. The number of hydrogen-bond acceptors (Lipinski definition) is 3. The fourth-order valence-electron chi connectivity index (χ4n) is 2.48. The SMILES string of the molecule is CCOC1CC(NCC(CN)c2ccccc2)C1. The Morgan fingerprint density at radius 1 is 1.33 bits per heavy atom. The fourth-order valence-corrected chi connectivity index (χ4v) is 2.48. The zero-order chi connectivity index (χ0) is 12.8. The summed E-state index contributed by atoms with van der Waals surface area (Å²) in [6.07, 6.45) is 2.75. The van der Waals surface area contributed by atoms with E-state index in [1.807, 2.05) is 6.07 Å². The number of nitrogens with two attached hydrogens (primary N) is 1. The smallest absolute Gasteiger partial charge is 0.0604 e. The molecule has 0 amide bonds. The van der Waals surface area contributed by atoms with Crippen LogP contribution in [0.3, 0.4) is 0 Å². The molecule has 3 nitrogen and oxygen atoms in total. The van der Waals surface area contributed by atoms with Crippen molar-refractivity contribution in [3.8, 4) is 0 Å². The lowest BCUT2D eigenvalue weighted by molar-refractivity contribution is -0.00997. The van der Waals surface area contributed by atoms with Gasteiger partial charge in [0, 0.05) is 31.7 Å². The van der Waals surface area contributed by atoms with Crippen molar-refractivity contribution in [2.45, 2.75) is 37.8 Å². The molecule has 100 valence electrons. The van der Waals surface area contributed by atoms with Crippen molar-refractivity contribution >= 4 is 0 Å². The summed E-state index contributed by atoms with van der Waals surface area (Å²) in [7, 11) is 0. The van der Waals surface area contributed by atoms with E-state index in [0.717, 1.165) is 26.0 Å². The molecule has 3 N–H and O–H groups in total. The molecule has 0 heterocycles. The summed E-state index contributed by atoms with van der Waals surface area (Å²) >= 11 is 0. The van der Waals surface area contributed by atoms with Gasteiger partial charge in [-0.05, 0) is 25.3 Å². The van der Waals surface area contributed by atoms with Crippen LogP contribution in [0.2, 0.25) is 0 Å². The van der Waals surface area contributed by atoms with Crippen molar-refractivity contribution < 1.29 is 4.74 Å². The van der Waals surface area contributed by atoms with Gasteiger partial charge in [0.15, 0.2) is 0 Å². The Morgan fingerprint density at radius 2 is 2.06 bits per heavy atom. The minimum Gasteiger partial charge on any atom is -0.378 e. The lowest BCUT2D eigenvalue weighted by atomic mass is 9.88. The molecule has 0 aliphatic heterocycles. The van der Waals surface area contributed by atoms with Gasteiger partial charge in [0.2, 0.25) is 0 Å². The van der Waals surface area contributed by atoms with E-state index in [9.17, 15) is 0 Å². The van der Waals surface area contributed by atoms with Gasteiger partial charge in [-0.1, -0.05) is 30.3 Å². The summed E-state index contributed by atoms with van der Waals surface area (Å²) in [5.41, 5.74) is 7.19. The number of nitrogens with one attached hydrogen (secondary N) is 1. The van der Waals surface area contributed by atoms with Gasteiger partial charge in [-0.15, -0.1) is 0 Å². The highest BCUT2D eigenvalue weighted by atomic mass is 16.5. The van der Waals surface area contributed by atoms with Crippen LogP contribution >= 0.6 is 0 Å². The number of rotatable bonds is 7. The van der Waals surface area contributed by atoms with Crippen LogP contribution in [-0.2, 0) is 4.74 Å². The van der Waals surface area contributed by atoms with E-state index in [1.54, 1.807) is 0 Å². The molecule has 1 aliphatic carbocycles.